The molecular weight excluding hydrogens is 366 g/mol. The van der Waals surface area contributed by atoms with Crippen molar-refractivity contribution in [3.8, 4) is 17.1 Å². The van der Waals surface area contributed by atoms with Gasteiger partial charge in [0.1, 0.15) is 10.9 Å². The Morgan fingerprint density at radius 2 is 1.76 bits per heavy atom. The third-order valence-electron chi connectivity index (χ3n) is 2.72. The fourth-order valence-corrected chi connectivity index (χ4v) is 2.55. The zero-order chi connectivity index (χ0) is 15.6. The van der Waals surface area contributed by atoms with Crippen molar-refractivity contribution in [3.05, 3.63) is 39.6 Å². The van der Waals surface area contributed by atoms with Crippen LogP contribution in [0.4, 0.5) is 8.78 Å². The van der Waals surface area contributed by atoms with E-state index in [0.29, 0.717) is 21.0 Å². The zero-order valence-electron chi connectivity index (χ0n) is 11.3. The van der Waals surface area contributed by atoms with E-state index in [2.05, 4.69) is 30.6 Å². The molecule has 1 heterocycles. The Hall–Kier alpha value is -1.27. The van der Waals surface area contributed by atoms with Crippen LogP contribution in [0.15, 0.2) is 28.7 Å². The highest BCUT2D eigenvalue weighted by Crippen LogP contribution is 2.31. The van der Waals surface area contributed by atoms with Crippen molar-refractivity contribution in [2.75, 3.05) is 0 Å². The van der Waals surface area contributed by atoms with Crippen LogP contribution in [0.3, 0.4) is 0 Å². The first-order valence-corrected chi connectivity index (χ1v) is 7.33. The molecule has 0 aliphatic carbocycles. The molecule has 1 aromatic heterocycles. The molecule has 0 unspecified atom stereocenters. The molecule has 21 heavy (non-hydrogen) atoms. The molecule has 0 saturated carbocycles. The second kappa shape index (κ2) is 6.66. The van der Waals surface area contributed by atoms with E-state index < -0.39 is 6.61 Å². The molecule has 0 atom stereocenters. The van der Waals surface area contributed by atoms with Gasteiger partial charge in [0.2, 0.25) is 0 Å². The molecule has 2 rings (SSSR count). The number of hydrogen-bond acceptors (Lipinski definition) is 3. The highest BCUT2D eigenvalue weighted by atomic mass is 79.9. The van der Waals surface area contributed by atoms with E-state index in [1.54, 1.807) is 12.1 Å². The standard InChI is InChI=1S/C14H12BrClF2N2O/c1-7(2)11-10(15)12(16)20-13(19-11)8-3-5-9(6-4-8)21-14(17)18/h3-7,14H,1-2H3. The number of hydrogen-bond donors (Lipinski definition) is 0. The van der Waals surface area contributed by atoms with Crippen LogP contribution in [0.25, 0.3) is 11.4 Å². The lowest BCUT2D eigenvalue weighted by Crippen LogP contribution is -2.02. The number of nitrogens with zero attached hydrogens (tertiary/aromatic N) is 2. The lowest BCUT2D eigenvalue weighted by Gasteiger charge is -2.11. The number of halogens is 4. The normalized spacial score (nSPS) is 11.2. The maximum atomic E-state index is 12.1. The van der Waals surface area contributed by atoms with Crippen LogP contribution < -0.4 is 4.74 Å². The monoisotopic (exact) mass is 376 g/mol. The summed E-state index contributed by atoms with van der Waals surface area (Å²) in [6, 6.07) is 6.11. The average Bonchev–Trinajstić information content (AvgIpc) is 2.41. The molecule has 0 N–H and O–H groups in total. The summed E-state index contributed by atoms with van der Waals surface area (Å²) in [6.07, 6.45) is 0. The van der Waals surface area contributed by atoms with E-state index >= 15 is 0 Å². The number of aromatic nitrogens is 2. The van der Waals surface area contributed by atoms with Gasteiger partial charge in [0.15, 0.2) is 5.82 Å². The maximum absolute atomic E-state index is 12.1. The van der Waals surface area contributed by atoms with Crippen LogP contribution in [0.2, 0.25) is 5.15 Å². The van der Waals surface area contributed by atoms with Crippen LogP contribution >= 0.6 is 27.5 Å². The predicted molar refractivity (Wildman–Crippen MR) is 80.9 cm³/mol. The SMILES string of the molecule is CC(C)c1nc(-c2ccc(OC(F)F)cc2)nc(Cl)c1Br. The molecule has 0 aliphatic rings. The number of rotatable bonds is 4. The van der Waals surface area contributed by atoms with Gasteiger partial charge < -0.3 is 4.74 Å². The highest BCUT2D eigenvalue weighted by Gasteiger charge is 2.15. The van der Waals surface area contributed by atoms with Gasteiger partial charge in [-0.15, -0.1) is 0 Å². The molecule has 0 radical (unpaired) electrons. The first-order chi connectivity index (χ1) is 9.88. The van der Waals surface area contributed by atoms with Gasteiger partial charge in [0.25, 0.3) is 0 Å². The van der Waals surface area contributed by atoms with E-state index in [0.717, 1.165) is 5.69 Å². The van der Waals surface area contributed by atoms with Gasteiger partial charge in [-0.3, -0.25) is 0 Å². The topological polar surface area (TPSA) is 35.0 Å². The fraction of sp³-hybridized carbons (Fsp3) is 0.286. The third-order valence-corrected chi connectivity index (χ3v) is 4.00. The summed E-state index contributed by atoms with van der Waals surface area (Å²) in [4.78, 5) is 8.66. The lowest BCUT2D eigenvalue weighted by atomic mass is 10.1. The molecule has 0 spiro atoms. The number of alkyl halides is 2. The van der Waals surface area contributed by atoms with Crippen LogP contribution in [0, 0.1) is 0 Å². The Balaban J connectivity index is 2.38. The summed E-state index contributed by atoms with van der Waals surface area (Å²) in [5, 5.41) is 0.316. The molecule has 0 aliphatic heterocycles. The van der Waals surface area contributed by atoms with Gasteiger partial charge in [-0.1, -0.05) is 25.4 Å². The van der Waals surface area contributed by atoms with Crippen LogP contribution in [0.1, 0.15) is 25.5 Å². The lowest BCUT2D eigenvalue weighted by molar-refractivity contribution is -0.0498. The van der Waals surface area contributed by atoms with Crippen molar-refractivity contribution in [1.29, 1.82) is 0 Å². The van der Waals surface area contributed by atoms with Gasteiger partial charge in [-0.2, -0.15) is 8.78 Å². The van der Waals surface area contributed by atoms with Gasteiger partial charge in [-0.25, -0.2) is 9.97 Å². The van der Waals surface area contributed by atoms with Crippen molar-refractivity contribution in [3.63, 3.8) is 0 Å². The molecule has 3 nitrogen and oxygen atoms in total. The summed E-state index contributed by atoms with van der Waals surface area (Å²) < 4.78 is 29.2. The van der Waals surface area contributed by atoms with E-state index in [4.69, 9.17) is 11.6 Å². The van der Waals surface area contributed by atoms with Crippen molar-refractivity contribution in [1.82, 2.24) is 9.97 Å². The Morgan fingerprint density at radius 1 is 1.14 bits per heavy atom. The first kappa shape index (κ1) is 16.1. The third kappa shape index (κ3) is 3.89. The second-order valence-electron chi connectivity index (χ2n) is 4.59. The Bertz CT molecular complexity index is 636. The Morgan fingerprint density at radius 3 is 2.29 bits per heavy atom. The average molecular weight is 378 g/mol. The Kier molecular flexibility index (Phi) is 5.11. The summed E-state index contributed by atoms with van der Waals surface area (Å²) in [6.45, 7) is 1.14. The van der Waals surface area contributed by atoms with Crippen molar-refractivity contribution in [2.45, 2.75) is 26.4 Å². The molecule has 112 valence electrons. The summed E-state index contributed by atoms with van der Waals surface area (Å²) in [7, 11) is 0. The fourth-order valence-electron chi connectivity index (χ4n) is 1.73. The molecule has 7 heteroatoms. The predicted octanol–water partition coefficient (Wildman–Crippen LogP) is 5.28. The highest BCUT2D eigenvalue weighted by molar-refractivity contribution is 9.10. The minimum absolute atomic E-state index is 0.0843. The van der Waals surface area contributed by atoms with Crippen molar-refractivity contribution < 1.29 is 13.5 Å². The molecule has 2 aromatic rings. The summed E-state index contributed by atoms with van der Waals surface area (Å²) >= 11 is 9.46. The smallest absolute Gasteiger partial charge is 0.387 e. The van der Waals surface area contributed by atoms with Crippen LogP contribution in [-0.2, 0) is 0 Å². The molecule has 0 amide bonds. The minimum Gasteiger partial charge on any atom is -0.435 e. The second-order valence-corrected chi connectivity index (χ2v) is 5.75. The summed E-state index contributed by atoms with van der Waals surface area (Å²) in [5.41, 5.74) is 1.46. The van der Waals surface area contributed by atoms with Gasteiger partial charge in [0, 0.05) is 5.56 Å². The molecule has 0 fully saturated rings. The van der Waals surface area contributed by atoms with Crippen molar-refractivity contribution in [2.24, 2.45) is 0 Å². The first-order valence-electron chi connectivity index (χ1n) is 6.16. The van der Waals surface area contributed by atoms with E-state index in [-0.39, 0.29) is 11.7 Å². The van der Waals surface area contributed by atoms with Crippen LogP contribution in [0.5, 0.6) is 5.75 Å². The van der Waals surface area contributed by atoms with E-state index in [1.807, 2.05) is 13.8 Å². The van der Waals surface area contributed by atoms with Gasteiger partial charge in [-0.05, 0) is 46.1 Å². The van der Waals surface area contributed by atoms with Gasteiger partial charge in [0.05, 0.1) is 10.2 Å². The molecule has 1 aromatic carbocycles. The van der Waals surface area contributed by atoms with E-state index in [9.17, 15) is 8.78 Å². The Labute approximate surface area is 134 Å². The van der Waals surface area contributed by atoms with Crippen LogP contribution in [-0.4, -0.2) is 16.6 Å². The number of ether oxygens (including phenoxy) is 1. The van der Waals surface area contributed by atoms with Crippen molar-refractivity contribution >= 4 is 27.5 Å². The quantitative estimate of drug-likeness (QED) is 0.680. The largest absolute Gasteiger partial charge is 0.435 e. The molecule has 0 saturated heterocycles. The number of benzene rings is 1. The maximum Gasteiger partial charge on any atom is 0.387 e. The van der Waals surface area contributed by atoms with E-state index in [1.165, 1.54) is 12.1 Å². The summed E-state index contributed by atoms with van der Waals surface area (Å²) in [5.74, 6) is 0.691. The minimum atomic E-state index is -2.85. The molecular formula is C14H12BrClF2N2O. The molecule has 0 bridgehead atoms. The van der Waals surface area contributed by atoms with Gasteiger partial charge >= 0.3 is 6.61 Å². The zero-order valence-corrected chi connectivity index (χ0v) is 13.6.